The smallest absolute Gasteiger partial charge is 0.410 e. The van der Waals surface area contributed by atoms with Crippen LogP contribution in [0, 0.1) is 11.3 Å². The maximum Gasteiger partial charge on any atom is 0.410 e. The summed E-state index contributed by atoms with van der Waals surface area (Å²) in [5, 5.41) is 12.9. The lowest BCUT2D eigenvalue weighted by Gasteiger charge is -2.36. The van der Waals surface area contributed by atoms with Crippen molar-refractivity contribution in [1.82, 2.24) is 19.8 Å². The van der Waals surface area contributed by atoms with Gasteiger partial charge in [0.2, 0.25) is 0 Å². The molecular formula is C31H35N7O5. The first-order valence-corrected chi connectivity index (χ1v) is 14.0. The lowest BCUT2D eigenvalue weighted by Crippen LogP contribution is -2.50. The summed E-state index contributed by atoms with van der Waals surface area (Å²) in [5.41, 5.74) is 2.88. The Bertz CT molecular complexity index is 1550. The van der Waals surface area contributed by atoms with Crippen LogP contribution in [-0.4, -0.2) is 77.8 Å². The van der Waals surface area contributed by atoms with Crippen LogP contribution in [0.25, 0.3) is 0 Å². The predicted octanol–water partition coefficient (Wildman–Crippen LogP) is 4.32. The number of carbonyl (C=O) groups is 2. The molecule has 0 aliphatic carbocycles. The Balaban J connectivity index is 1.28. The molecule has 43 heavy (non-hydrogen) atoms. The van der Waals surface area contributed by atoms with Crippen LogP contribution in [0.3, 0.4) is 0 Å². The average molecular weight is 586 g/mol. The molecule has 2 aliphatic rings. The minimum absolute atomic E-state index is 0.214. The number of piperazine rings is 1. The van der Waals surface area contributed by atoms with E-state index in [9.17, 15) is 14.9 Å². The van der Waals surface area contributed by atoms with Gasteiger partial charge in [-0.05, 0) is 45.0 Å². The number of ether oxygens (including phenoxy) is 3. The number of aromatic nitrogens is 2. The molecule has 2 aromatic heterocycles. The highest BCUT2D eigenvalue weighted by molar-refractivity contribution is 6.04. The third-order valence-corrected chi connectivity index (χ3v) is 7.30. The zero-order valence-corrected chi connectivity index (χ0v) is 25.0. The van der Waals surface area contributed by atoms with Gasteiger partial charge in [-0.25, -0.2) is 14.8 Å². The number of fused-ring (bicyclic) bond motifs is 1. The Morgan fingerprint density at radius 1 is 1.05 bits per heavy atom. The van der Waals surface area contributed by atoms with Gasteiger partial charge in [-0.3, -0.25) is 4.79 Å². The molecule has 4 heterocycles. The molecule has 1 N–H and O–H groups in total. The van der Waals surface area contributed by atoms with E-state index >= 15 is 0 Å². The molecule has 3 aromatic rings. The number of pyridine rings is 2. The van der Waals surface area contributed by atoms with E-state index in [1.165, 1.54) is 6.20 Å². The number of nitriles is 1. The number of hydrogen-bond acceptors (Lipinski definition) is 10. The number of carbonyl (C=O) groups excluding carboxylic acids is 2. The predicted molar refractivity (Wildman–Crippen MR) is 160 cm³/mol. The Morgan fingerprint density at radius 2 is 1.81 bits per heavy atom. The molecule has 5 rings (SSSR count). The molecule has 0 saturated carbocycles. The summed E-state index contributed by atoms with van der Waals surface area (Å²) < 4.78 is 16.3. The summed E-state index contributed by atoms with van der Waals surface area (Å²) in [6.07, 6.45) is 2.95. The minimum Gasteiger partial charge on any atom is -0.497 e. The number of nitrogens with zero attached hydrogens (tertiary/aromatic N) is 6. The van der Waals surface area contributed by atoms with Crippen molar-refractivity contribution in [2.75, 3.05) is 50.6 Å². The second kappa shape index (κ2) is 12.1. The standard InChI is InChI=1S/C31H35N7O5/c1-31(2,3)43-30(40)37-12-10-36(11-13-37)21-7-9-27(34-16-21)35-25-17-33-24(15-32)23-19-38(29(39)28(23)25)18-20-6-8-22(41-4)14-26(20)42-5/h6-9,14,16-17H,10-13,18-19H2,1-5H3,(H,34,35). The van der Waals surface area contributed by atoms with Crippen molar-refractivity contribution in [1.29, 1.82) is 5.26 Å². The molecule has 0 bridgehead atoms. The van der Waals surface area contributed by atoms with E-state index in [1.54, 1.807) is 36.3 Å². The van der Waals surface area contributed by atoms with Gasteiger partial charge in [0.05, 0.1) is 50.1 Å². The lowest BCUT2D eigenvalue weighted by molar-refractivity contribution is 0.0240. The summed E-state index contributed by atoms with van der Waals surface area (Å²) in [5.74, 6) is 1.58. The number of rotatable bonds is 7. The van der Waals surface area contributed by atoms with Gasteiger partial charge in [0, 0.05) is 49.9 Å². The van der Waals surface area contributed by atoms with Crippen LogP contribution in [0.15, 0.2) is 42.7 Å². The Labute approximate surface area is 250 Å². The van der Waals surface area contributed by atoms with Gasteiger partial charge in [0.1, 0.15) is 34.7 Å². The van der Waals surface area contributed by atoms with Crippen LogP contribution >= 0.6 is 0 Å². The Morgan fingerprint density at radius 3 is 2.44 bits per heavy atom. The largest absolute Gasteiger partial charge is 0.497 e. The van der Waals surface area contributed by atoms with E-state index in [2.05, 4.69) is 26.3 Å². The van der Waals surface area contributed by atoms with Crippen molar-refractivity contribution in [2.24, 2.45) is 0 Å². The first-order valence-electron chi connectivity index (χ1n) is 14.0. The molecule has 2 amide bonds. The van der Waals surface area contributed by atoms with Gasteiger partial charge in [0.15, 0.2) is 0 Å². The Hall–Kier alpha value is -5.05. The van der Waals surface area contributed by atoms with Crippen molar-refractivity contribution in [3.05, 3.63) is 65.1 Å². The molecule has 0 radical (unpaired) electrons. The number of methoxy groups -OCH3 is 2. The maximum atomic E-state index is 13.6. The summed E-state index contributed by atoms with van der Waals surface area (Å²) in [6.45, 7) is 8.53. The normalized spacial score (nSPS) is 14.7. The second-order valence-electron chi connectivity index (χ2n) is 11.3. The molecule has 2 aliphatic heterocycles. The molecule has 1 fully saturated rings. The molecule has 224 valence electrons. The maximum absolute atomic E-state index is 13.6. The van der Waals surface area contributed by atoms with Crippen molar-refractivity contribution in [2.45, 2.75) is 39.5 Å². The van der Waals surface area contributed by atoms with E-state index in [1.807, 2.05) is 45.0 Å². The van der Waals surface area contributed by atoms with Gasteiger partial charge in [-0.1, -0.05) is 0 Å². The molecule has 1 aromatic carbocycles. The van der Waals surface area contributed by atoms with E-state index in [4.69, 9.17) is 14.2 Å². The highest BCUT2D eigenvalue weighted by Crippen LogP contribution is 2.35. The van der Waals surface area contributed by atoms with Crippen molar-refractivity contribution in [3.8, 4) is 17.6 Å². The summed E-state index contributed by atoms with van der Waals surface area (Å²) in [7, 11) is 3.15. The number of anilines is 3. The fourth-order valence-electron chi connectivity index (χ4n) is 5.14. The molecular weight excluding hydrogens is 550 g/mol. The van der Waals surface area contributed by atoms with E-state index in [0.717, 1.165) is 11.3 Å². The molecule has 12 nitrogen and oxygen atoms in total. The monoisotopic (exact) mass is 585 g/mol. The van der Waals surface area contributed by atoms with Crippen molar-refractivity contribution < 1.29 is 23.8 Å². The van der Waals surface area contributed by atoms with Crippen LogP contribution in [0.2, 0.25) is 0 Å². The summed E-state index contributed by atoms with van der Waals surface area (Å²) >= 11 is 0. The number of hydrogen-bond donors (Lipinski definition) is 1. The van der Waals surface area contributed by atoms with Gasteiger partial charge < -0.3 is 34.2 Å². The number of nitrogens with one attached hydrogen (secondary N) is 1. The van der Waals surface area contributed by atoms with Gasteiger partial charge in [-0.2, -0.15) is 5.26 Å². The Kier molecular flexibility index (Phi) is 8.25. The molecule has 0 unspecified atom stereocenters. The third kappa shape index (κ3) is 6.40. The van der Waals surface area contributed by atoms with Crippen LogP contribution in [0.1, 0.15) is 48.0 Å². The number of benzene rings is 1. The molecule has 0 spiro atoms. The SMILES string of the molecule is COc1ccc(CN2Cc3c(C#N)ncc(Nc4ccc(N5CCN(C(=O)OC(C)(C)C)CC5)cn4)c3C2=O)c(OC)c1. The van der Waals surface area contributed by atoms with Crippen LogP contribution in [0.5, 0.6) is 11.5 Å². The topological polar surface area (TPSA) is 133 Å². The highest BCUT2D eigenvalue weighted by Gasteiger charge is 2.34. The van der Waals surface area contributed by atoms with Crippen LogP contribution in [-0.2, 0) is 17.8 Å². The lowest BCUT2D eigenvalue weighted by atomic mass is 10.1. The zero-order chi connectivity index (χ0) is 30.7. The first kappa shape index (κ1) is 29.4. The van der Waals surface area contributed by atoms with E-state index < -0.39 is 5.60 Å². The van der Waals surface area contributed by atoms with E-state index in [-0.39, 0.29) is 24.2 Å². The van der Waals surface area contributed by atoms with Gasteiger partial charge in [-0.15, -0.1) is 0 Å². The zero-order valence-electron chi connectivity index (χ0n) is 25.0. The van der Waals surface area contributed by atoms with Crippen LogP contribution < -0.4 is 19.7 Å². The highest BCUT2D eigenvalue weighted by atomic mass is 16.6. The molecule has 12 heteroatoms. The second-order valence-corrected chi connectivity index (χ2v) is 11.3. The fourth-order valence-corrected chi connectivity index (χ4v) is 5.14. The molecule has 1 saturated heterocycles. The first-order chi connectivity index (χ1) is 20.6. The van der Waals surface area contributed by atoms with Crippen LogP contribution in [0.4, 0.5) is 22.0 Å². The van der Waals surface area contributed by atoms with Crippen molar-refractivity contribution >= 4 is 29.2 Å². The summed E-state index contributed by atoms with van der Waals surface area (Å²) in [4.78, 5) is 40.4. The van der Waals surface area contributed by atoms with Gasteiger partial charge >= 0.3 is 6.09 Å². The van der Waals surface area contributed by atoms with E-state index in [0.29, 0.717) is 66.9 Å². The number of amides is 2. The van der Waals surface area contributed by atoms with Gasteiger partial charge in [0.25, 0.3) is 5.91 Å². The molecule has 0 atom stereocenters. The van der Waals surface area contributed by atoms with Crippen molar-refractivity contribution in [3.63, 3.8) is 0 Å². The quantitative estimate of drug-likeness (QED) is 0.427. The minimum atomic E-state index is -0.529. The fraction of sp³-hybridized carbons (Fsp3) is 0.387. The summed E-state index contributed by atoms with van der Waals surface area (Å²) in [6, 6.07) is 11.3. The third-order valence-electron chi connectivity index (χ3n) is 7.30. The average Bonchev–Trinajstić information content (AvgIpc) is 3.33.